The molecule has 2 aromatic carbocycles. The molecule has 0 spiro atoms. The molecule has 2 aromatic rings. The molecule has 4 amide bonds. The quantitative estimate of drug-likeness (QED) is 0.236. The van der Waals surface area contributed by atoms with Gasteiger partial charge in [-0.05, 0) is 96.6 Å². The molecule has 4 N–H and O–H groups in total. The number of amides is 4. The van der Waals surface area contributed by atoms with Crippen molar-refractivity contribution in [3.8, 4) is 0 Å². The fraction of sp³-hybridized carbons (Fsp3) is 0.590. The van der Waals surface area contributed by atoms with Crippen LogP contribution < -0.4 is 15.4 Å². The first kappa shape index (κ1) is 37.5. The molecule has 286 valence electrons. The molecule has 5 aliphatic rings. The molecule has 6 atom stereocenters. The zero-order valence-corrected chi connectivity index (χ0v) is 32.5. The lowest BCUT2D eigenvalue weighted by Gasteiger charge is -2.32. The van der Waals surface area contributed by atoms with Crippen LogP contribution in [0, 0.1) is 23.7 Å². The molecule has 7 rings (SSSR count). The van der Waals surface area contributed by atoms with Crippen molar-refractivity contribution in [1.29, 1.82) is 0 Å². The molecule has 2 aliphatic heterocycles. The Morgan fingerprint density at radius 3 is 2.30 bits per heavy atom. The van der Waals surface area contributed by atoms with Gasteiger partial charge in [0.2, 0.25) is 21.8 Å². The van der Waals surface area contributed by atoms with Gasteiger partial charge in [0.15, 0.2) is 0 Å². The summed E-state index contributed by atoms with van der Waals surface area (Å²) in [6.07, 6.45) is 2.09. The van der Waals surface area contributed by atoms with E-state index >= 15 is 0 Å². The second kappa shape index (κ2) is 13.5. The van der Waals surface area contributed by atoms with Crippen LogP contribution in [-0.4, -0.2) is 76.6 Å². The van der Waals surface area contributed by atoms with E-state index in [1.54, 1.807) is 12.1 Å². The van der Waals surface area contributed by atoms with Crippen molar-refractivity contribution >= 4 is 51.1 Å². The Kier molecular flexibility index (Phi) is 9.53. The van der Waals surface area contributed by atoms with E-state index in [1.165, 1.54) is 9.80 Å². The second-order valence-corrected chi connectivity index (χ2v) is 19.5. The number of anilines is 1. The van der Waals surface area contributed by atoms with Crippen LogP contribution in [0.3, 0.4) is 0 Å². The van der Waals surface area contributed by atoms with E-state index < -0.39 is 62.8 Å². The molecular weight excluding hydrogens is 718 g/mol. The van der Waals surface area contributed by atoms with Gasteiger partial charge >= 0.3 is 6.09 Å². The van der Waals surface area contributed by atoms with E-state index in [0.717, 1.165) is 29.7 Å². The van der Waals surface area contributed by atoms with Crippen molar-refractivity contribution in [3.05, 3.63) is 64.2 Å². The van der Waals surface area contributed by atoms with Crippen molar-refractivity contribution < 1.29 is 32.7 Å². The van der Waals surface area contributed by atoms with Gasteiger partial charge < -0.3 is 20.6 Å². The number of rotatable bonds is 11. The summed E-state index contributed by atoms with van der Waals surface area (Å²) >= 11 is 6.55. The Morgan fingerprint density at radius 1 is 0.981 bits per heavy atom. The van der Waals surface area contributed by atoms with Crippen LogP contribution in [0.5, 0.6) is 0 Å². The number of halogens is 1. The van der Waals surface area contributed by atoms with E-state index in [4.69, 9.17) is 11.6 Å². The standard InChI is InChI=1S/C39H50ClN5O7S/c1-21(2)32(41-25-9-6-8-24(17-25)38(3,4)5)35(47)44-19-23(33-27-10-7-11-30(40)28(27)20-45(33)37(49)50)16-31(44)34(46)42-39(18-29(39)22-12-13-22)36(48)43-53(51,52)26-14-15-26/h6-11,17,21-23,26,29,31-33,41H,12-16,18-20H2,1-5H3,(H,42,46)(H,43,48)(H,49,50)/t23-,29?,31+,32+,33?,39?/m1/s1. The molecule has 3 aliphatic carbocycles. The number of carbonyl (C=O) groups excluding carboxylic acids is 3. The maximum Gasteiger partial charge on any atom is 0.408 e. The normalized spacial score (nSPS) is 27.3. The van der Waals surface area contributed by atoms with Crippen LogP contribution in [0.2, 0.25) is 5.02 Å². The average molecular weight is 768 g/mol. The van der Waals surface area contributed by atoms with Gasteiger partial charge in [0, 0.05) is 23.2 Å². The minimum absolute atomic E-state index is 0.0818. The number of hydrogen-bond donors (Lipinski definition) is 4. The monoisotopic (exact) mass is 767 g/mol. The zero-order chi connectivity index (χ0) is 38.2. The van der Waals surface area contributed by atoms with Crippen LogP contribution in [0.4, 0.5) is 10.5 Å². The first-order valence-electron chi connectivity index (χ1n) is 18.7. The Morgan fingerprint density at radius 2 is 1.68 bits per heavy atom. The molecule has 3 saturated carbocycles. The summed E-state index contributed by atoms with van der Waals surface area (Å²) in [5.74, 6) is -2.25. The number of nitrogens with one attached hydrogen (secondary N) is 3. The van der Waals surface area contributed by atoms with Gasteiger partial charge in [-0.1, -0.05) is 70.5 Å². The summed E-state index contributed by atoms with van der Waals surface area (Å²) in [6.45, 7) is 10.4. The number of carboxylic acid groups (broad SMARTS) is 1. The van der Waals surface area contributed by atoms with Gasteiger partial charge in [-0.3, -0.25) is 24.0 Å². The van der Waals surface area contributed by atoms with Gasteiger partial charge in [-0.15, -0.1) is 0 Å². The van der Waals surface area contributed by atoms with E-state index in [9.17, 15) is 32.7 Å². The molecule has 2 heterocycles. The highest BCUT2D eigenvalue weighted by Gasteiger charge is 2.67. The predicted octanol–water partition coefficient (Wildman–Crippen LogP) is 5.42. The number of benzene rings is 2. The number of likely N-dealkylation sites (tertiary alicyclic amines) is 1. The van der Waals surface area contributed by atoms with E-state index in [1.807, 2.05) is 44.2 Å². The van der Waals surface area contributed by atoms with Crippen molar-refractivity contribution in [3.63, 3.8) is 0 Å². The lowest BCUT2D eigenvalue weighted by atomic mass is 9.87. The molecule has 4 fully saturated rings. The summed E-state index contributed by atoms with van der Waals surface area (Å²) in [5, 5.41) is 16.6. The summed E-state index contributed by atoms with van der Waals surface area (Å²) < 4.78 is 28.0. The smallest absolute Gasteiger partial charge is 0.408 e. The third-order valence-electron chi connectivity index (χ3n) is 11.9. The lowest BCUT2D eigenvalue weighted by Crippen LogP contribution is -2.58. The maximum atomic E-state index is 14.8. The Balaban J connectivity index is 1.21. The number of carbonyl (C=O) groups is 4. The molecule has 12 nitrogen and oxygen atoms in total. The molecule has 1 saturated heterocycles. The summed E-state index contributed by atoms with van der Waals surface area (Å²) in [7, 11) is -3.86. The number of hydrogen-bond acceptors (Lipinski definition) is 7. The van der Waals surface area contributed by atoms with Crippen molar-refractivity contribution in [2.45, 2.75) is 114 Å². The summed E-state index contributed by atoms with van der Waals surface area (Å²) in [6, 6.07) is 10.8. The SMILES string of the molecule is CC(C)[C@H](Nc1cccc(C(C)(C)C)c1)C(=O)N1C[C@H](C2c3cccc(Cl)c3CN2C(=O)O)C[C@H]1C(=O)NC1(C(=O)NS(=O)(=O)C2CC2)CC1C1CC1. The largest absolute Gasteiger partial charge is 0.465 e. The van der Waals surface area contributed by atoms with Gasteiger partial charge in [-0.2, -0.15) is 0 Å². The van der Waals surface area contributed by atoms with E-state index in [2.05, 4.69) is 36.1 Å². The minimum atomic E-state index is -3.86. The molecule has 14 heteroatoms. The van der Waals surface area contributed by atoms with Gasteiger partial charge in [-0.25, -0.2) is 13.2 Å². The van der Waals surface area contributed by atoms with Crippen LogP contribution in [0.1, 0.15) is 95.9 Å². The van der Waals surface area contributed by atoms with Crippen LogP contribution in [-0.2, 0) is 36.4 Å². The third-order valence-corrected chi connectivity index (χ3v) is 14.1. The maximum absolute atomic E-state index is 14.8. The minimum Gasteiger partial charge on any atom is -0.465 e. The number of nitrogens with zero attached hydrogens (tertiary/aromatic N) is 2. The lowest BCUT2D eigenvalue weighted by molar-refractivity contribution is -0.140. The first-order valence-corrected chi connectivity index (χ1v) is 20.7. The topological polar surface area (TPSA) is 165 Å². The van der Waals surface area contributed by atoms with Gasteiger partial charge in [0.05, 0.1) is 17.8 Å². The summed E-state index contributed by atoms with van der Waals surface area (Å²) in [5.41, 5.74) is 1.77. The third kappa shape index (κ3) is 7.23. The summed E-state index contributed by atoms with van der Waals surface area (Å²) in [4.78, 5) is 58.7. The Hall–Kier alpha value is -3.84. The molecule has 0 bridgehead atoms. The van der Waals surface area contributed by atoms with E-state index in [0.29, 0.717) is 29.8 Å². The zero-order valence-electron chi connectivity index (χ0n) is 30.9. The predicted molar refractivity (Wildman–Crippen MR) is 201 cm³/mol. The molecule has 0 aromatic heterocycles. The van der Waals surface area contributed by atoms with Crippen LogP contribution in [0.25, 0.3) is 0 Å². The Bertz CT molecular complexity index is 1940. The fourth-order valence-electron chi connectivity index (χ4n) is 8.49. The van der Waals surface area contributed by atoms with E-state index in [-0.39, 0.29) is 48.6 Å². The first-order chi connectivity index (χ1) is 24.9. The average Bonchev–Trinajstić information content (AvgIpc) is 4.00. The highest BCUT2D eigenvalue weighted by molar-refractivity contribution is 7.91. The number of fused-ring (bicyclic) bond motifs is 1. The molecule has 53 heavy (non-hydrogen) atoms. The number of sulfonamides is 1. The Labute approximate surface area is 316 Å². The van der Waals surface area contributed by atoms with Gasteiger partial charge in [0.25, 0.3) is 5.91 Å². The highest BCUT2D eigenvalue weighted by atomic mass is 35.5. The van der Waals surface area contributed by atoms with Crippen molar-refractivity contribution in [2.24, 2.45) is 23.7 Å². The van der Waals surface area contributed by atoms with Gasteiger partial charge in [0.1, 0.15) is 17.6 Å². The van der Waals surface area contributed by atoms with Crippen LogP contribution in [0.15, 0.2) is 42.5 Å². The fourth-order valence-corrected chi connectivity index (χ4v) is 10.1. The highest BCUT2D eigenvalue weighted by Crippen LogP contribution is 2.57. The molecule has 0 radical (unpaired) electrons. The molecule has 3 unspecified atom stereocenters. The molecular formula is C39H50ClN5O7S. The van der Waals surface area contributed by atoms with Crippen molar-refractivity contribution in [2.75, 3.05) is 11.9 Å². The van der Waals surface area contributed by atoms with Crippen molar-refractivity contribution in [1.82, 2.24) is 19.8 Å². The second-order valence-electron chi connectivity index (χ2n) is 17.1. The van der Waals surface area contributed by atoms with Crippen LogP contribution >= 0.6 is 11.6 Å².